The zero-order chi connectivity index (χ0) is 19.3. The Morgan fingerprint density at radius 1 is 1.04 bits per heavy atom. The number of likely N-dealkylation sites (tertiary alicyclic amines) is 1. The Morgan fingerprint density at radius 2 is 1.79 bits per heavy atom. The van der Waals surface area contributed by atoms with E-state index in [4.69, 9.17) is 4.42 Å². The first-order valence-corrected chi connectivity index (χ1v) is 10.4. The summed E-state index contributed by atoms with van der Waals surface area (Å²) in [6, 6.07) is 14.6. The molecule has 0 atom stereocenters. The van der Waals surface area contributed by atoms with Crippen molar-refractivity contribution in [2.45, 2.75) is 24.5 Å². The van der Waals surface area contributed by atoms with E-state index < -0.39 is 0 Å². The van der Waals surface area contributed by atoms with Crippen LogP contribution in [0.4, 0.5) is 5.69 Å². The Balaban J connectivity index is 1.40. The Kier molecular flexibility index (Phi) is 5.62. The summed E-state index contributed by atoms with van der Waals surface area (Å²) in [6.45, 7) is 1.55. The van der Waals surface area contributed by atoms with Gasteiger partial charge in [0.25, 0.3) is 11.1 Å². The molecule has 3 aromatic rings. The first kappa shape index (κ1) is 18.6. The number of fused-ring (bicyclic) bond motifs is 1. The van der Waals surface area contributed by atoms with E-state index >= 15 is 0 Å². The van der Waals surface area contributed by atoms with Crippen molar-refractivity contribution in [2.75, 3.05) is 24.2 Å². The molecule has 28 heavy (non-hydrogen) atoms. The molecule has 4 rings (SSSR count). The third-order valence-electron chi connectivity index (χ3n) is 4.68. The lowest BCUT2D eigenvalue weighted by atomic mass is 10.1. The maximum absolute atomic E-state index is 12.8. The summed E-state index contributed by atoms with van der Waals surface area (Å²) in [6.07, 6.45) is 3.22. The van der Waals surface area contributed by atoms with E-state index in [-0.39, 0.29) is 17.6 Å². The molecule has 0 spiro atoms. The second kappa shape index (κ2) is 8.48. The molecular formula is C21H21N3O3S. The van der Waals surface area contributed by atoms with Crippen molar-refractivity contribution in [3.8, 4) is 0 Å². The number of nitrogens with zero attached hydrogens (tertiary/aromatic N) is 2. The van der Waals surface area contributed by atoms with E-state index in [0.717, 1.165) is 37.9 Å². The van der Waals surface area contributed by atoms with E-state index in [2.05, 4.69) is 10.3 Å². The molecule has 0 unspecified atom stereocenters. The minimum atomic E-state index is -0.203. The number of amides is 2. The van der Waals surface area contributed by atoms with Crippen LogP contribution >= 0.6 is 11.8 Å². The number of hydrogen-bond donors (Lipinski definition) is 1. The summed E-state index contributed by atoms with van der Waals surface area (Å²) in [5, 5.41) is 3.31. The molecule has 1 saturated heterocycles. The summed E-state index contributed by atoms with van der Waals surface area (Å²) < 4.78 is 5.62. The van der Waals surface area contributed by atoms with Gasteiger partial charge in [0.2, 0.25) is 5.91 Å². The highest BCUT2D eigenvalue weighted by Crippen LogP contribution is 2.24. The number of oxazole rings is 1. The van der Waals surface area contributed by atoms with Gasteiger partial charge in [0.15, 0.2) is 5.58 Å². The number of carbonyl (C=O) groups is 2. The van der Waals surface area contributed by atoms with Gasteiger partial charge >= 0.3 is 0 Å². The van der Waals surface area contributed by atoms with Crippen LogP contribution in [0.15, 0.2) is 58.2 Å². The van der Waals surface area contributed by atoms with Crippen molar-refractivity contribution in [3.63, 3.8) is 0 Å². The molecule has 2 heterocycles. The number of piperidine rings is 1. The zero-order valence-corrected chi connectivity index (χ0v) is 16.2. The number of thioether (sulfide) groups is 1. The zero-order valence-electron chi connectivity index (χ0n) is 15.4. The number of rotatable bonds is 5. The van der Waals surface area contributed by atoms with Crippen molar-refractivity contribution >= 4 is 40.4 Å². The van der Waals surface area contributed by atoms with Gasteiger partial charge in [-0.15, -0.1) is 0 Å². The molecule has 0 radical (unpaired) electrons. The van der Waals surface area contributed by atoms with Gasteiger partial charge < -0.3 is 14.6 Å². The molecule has 0 bridgehead atoms. The molecule has 1 N–H and O–H groups in total. The second-order valence-electron chi connectivity index (χ2n) is 6.68. The normalized spacial score (nSPS) is 14.2. The third-order valence-corrected chi connectivity index (χ3v) is 5.50. The first-order valence-electron chi connectivity index (χ1n) is 9.37. The lowest BCUT2D eigenvalue weighted by Crippen LogP contribution is -2.36. The predicted molar refractivity (Wildman–Crippen MR) is 110 cm³/mol. The van der Waals surface area contributed by atoms with E-state index in [9.17, 15) is 9.59 Å². The van der Waals surface area contributed by atoms with Crippen LogP contribution in [-0.4, -0.2) is 40.5 Å². The van der Waals surface area contributed by atoms with E-state index in [1.54, 1.807) is 12.1 Å². The third kappa shape index (κ3) is 4.20. The summed E-state index contributed by atoms with van der Waals surface area (Å²) in [5.41, 5.74) is 2.54. The van der Waals surface area contributed by atoms with Gasteiger partial charge in [0, 0.05) is 13.1 Å². The number of anilines is 1. The van der Waals surface area contributed by atoms with Gasteiger partial charge in [-0.2, -0.15) is 0 Å². The van der Waals surface area contributed by atoms with Gasteiger partial charge in [-0.05, 0) is 43.5 Å². The number of hydrogen-bond acceptors (Lipinski definition) is 5. The van der Waals surface area contributed by atoms with Gasteiger partial charge in [0.05, 0.1) is 17.0 Å². The average molecular weight is 395 g/mol. The predicted octanol–water partition coefficient (Wildman–Crippen LogP) is 4.18. The summed E-state index contributed by atoms with van der Waals surface area (Å²) in [5.74, 6) is -0.0765. The highest BCUT2D eigenvalue weighted by atomic mass is 32.2. The molecule has 2 aromatic carbocycles. The minimum absolute atomic E-state index is 0.0257. The van der Waals surface area contributed by atoms with Gasteiger partial charge in [-0.25, -0.2) is 4.98 Å². The monoisotopic (exact) mass is 395 g/mol. The topological polar surface area (TPSA) is 75.4 Å². The summed E-state index contributed by atoms with van der Waals surface area (Å²) >= 11 is 1.23. The molecule has 1 fully saturated rings. The highest BCUT2D eigenvalue weighted by Gasteiger charge is 2.21. The van der Waals surface area contributed by atoms with Crippen LogP contribution in [0.5, 0.6) is 0 Å². The Bertz CT molecular complexity index is 962. The molecule has 1 aliphatic heterocycles. The van der Waals surface area contributed by atoms with Crippen molar-refractivity contribution in [2.24, 2.45) is 0 Å². The van der Waals surface area contributed by atoms with Crippen LogP contribution in [0.3, 0.4) is 0 Å². The maximum Gasteiger partial charge on any atom is 0.257 e. The number of carbonyl (C=O) groups excluding carboxylic acids is 2. The standard InChI is InChI=1S/C21H21N3O3S/c25-19(14-28-21-23-17-10-4-5-11-18(17)27-21)22-16-9-3-2-8-15(16)20(26)24-12-6-1-7-13-24/h2-5,8-11H,1,6-7,12-14H2,(H,22,25). The number of nitrogens with one attached hydrogen (secondary N) is 1. The Labute approximate surface area is 167 Å². The molecule has 1 aromatic heterocycles. The van der Waals surface area contributed by atoms with Crippen molar-refractivity contribution < 1.29 is 14.0 Å². The molecule has 6 nitrogen and oxygen atoms in total. The number of aromatic nitrogens is 1. The fraction of sp³-hybridized carbons (Fsp3) is 0.286. The first-order chi connectivity index (χ1) is 13.7. The minimum Gasteiger partial charge on any atom is -0.431 e. The molecule has 2 amide bonds. The summed E-state index contributed by atoms with van der Waals surface area (Å²) in [4.78, 5) is 31.5. The molecule has 1 aliphatic rings. The maximum atomic E-state index is 12.8. The fourth-order valence-corrected chi connectivity index (χ4v) is 3.91. The second-order valence-corrected chi connectivity index (χ2v) is 7.61. The molecule has 0 aliphatic carbocycles. The lowest BCUT2D eigenvalue weighted by Gasteiger charge is -2.27. The van der Waals surface area contributed by atoms with Crippen LogP contribution in [0.1, 0.15) is 29.6 Å². The largest absolute Gasteiger partial charge is 0.431 e. The lowest BCUT2D eigenvalue weighted by molar-refractivity contribution is -0.113. The van der Waals surface area contributed by atoms with Crippen LogP contribution in [0, 0.1) is 0 Å². The molecule has 144 valence electrons. The number of para-hydroxylation sites is 3. The summed E-state index contributed by atoms with van der Waals surface area (Å²) in [7, 11) is 0. The fourth-order valence-electron chi connectivity index (χ4n) is 3.27. The van der Waals surface area contributed by atoms with Crippen LogP contribution < -0.4 is 5.32 Å². The van der Waals surface area contributed by atoms with Gasteiger partial charge in [-0.1, -0.05) is 36.0 Å². The highest BCUT2D eigenvalue weighted by molar-refractivity contribution is 7.99. The quantitative estimate of drug-likeness (QED) is 0.656. The molecular weight excluding hydrogens is 374 g/mol. The number of benzene rings is 2. The van der Waals surface area contributed by atoms with E-state index in [0.29, 0.717) is 22.1 Å². The Hall–Kier alpha value is -2.80. The van der Waals surface area contributed by atoms with E-state index in [1.807, 2.05) is 41.3 Å². The van der Waals surface area contributed by atoms with Crippen LogP contribution in [-0.2, 0) is 4.79 Å². The van der Waals surface area contributed by atoms with Gasteiger partial charge in [-0.3, -0.25) is 9.59 Å². The SMILES string of the molecule is O=C(CSc1nc2ccccc2o1)Nc1ccccc1C(=O)N1CCCCC1. The molecule has 0 saturated carbocycles. The van der Waals surface area contributed by atoms with Gasteiger partial charge in [0.1, 0.15) is 5.52 Å². The van der Waals surface area contributed by atoms with E-state index in [1.165, 1.54) is 11.8 Å². The van der Waals surface area contributed by atoms with Crippen molar-refractivity contribution in [1.29, 1.82) is 0 Å². The Morgan fingerprint density at radius 3 is 2.61 bits per heavy atom. The van der Waals surface area contributed by atoms with Crippen molar-refractivity contribution in [3.05, 3.63) is 54.1 Å². The smallest absolute Gasteiger partial charge is 0.257 e. The molecule has 7 heteroatoms. The average Bonchev–Trinajstić information content (AvgIpc) is 3.16. The van der Waals surface area contributed by atoms with Crippen LogP contribution in [0.25, 0.3) is 11.1 Å². The van der Waals surface area contributed by atoms with Crippen LogP contribution in [0.2, 0.25) is 0 Å². The van der Waals surface area contributed by atoms with Crippen molar-refractivity contribution in [1.82, 2.24) is 9.88 Å².